The Morgan fingerprint density at radius 2 is 2.08 bits per heavy atom. The maximum Gasteiger partial charge on any atom is 0.185 e. The molecule has 1 N–H and O–H groups in total. The number of hydrogen-bond acceptors (Lipinski definition) is 2. The number of carbonyl (C=O) groups is 1. The minimum Gasteiger partial charge on any atom is -0.308 e. The van der Waals surface area contributed by atoms with E-state index in [4.69, 9.17) is 0 Å². The van der Waals surface area contributed by atoms with Gasteiger partial charge in [-0.25, -0.2) is 0 Å². The lowest BCUT2D eigenvalue weighted by Crippen LogP contribution is -2.35. The summed E-state index contributed by atoms with van der Waals surface area (Å²) in [5.41, 5.74) is 1.07. The Balaban J connectivity index is 3.95. The van der Waals surface area contributed by atoms with Gasteiger partial charge in [0.2, 0.25) is 0 Å². The third-order valence-electron chi connectivity index (χ3n) is 1.78. The number of rotatable bonds is 6. The van der Waals surface area contributed by atoms with Crippen molar-refractivity contribution < 1.29 is 4.79 Å². The van der Waals surface area contributed by atoms with Crippen LogP contribution in [0.15, 0.2) is 12.2 Å². The third kappa shape index (κ3) is 6.84. The van der Waals surface area contributed by atoms with E-state index in [9.17, 15) is 4.79 Å². The van der Waals surface area contributed by atoms with Crippen molar-refractivity contribution >= 4 is 17.7 Å². The molecule has 0 radical (unpaired) electrons. The van der Waals surface area contributed by atoms with Crippen molar-refractivity contribution in [3.05, 3.63) is 12.2 Å². The first-order valence-electron chi connectivity index (χ1n) is 4.56. The number of hydrogen-bond donors (Lipinski definition) is 2. The Hall–Kier alpha value is -0.280. The van der Waals surface area contributed by atoms with Crippen molar-refractivity contribution in [3.63, 3.8) is 0 Å². The molecule has 1 atom stereocenters. The highest BCUT2D eigenvalue weighted by atomic mass is 32.1. The molecule has 0 amide bonds. The molecule has 0 fully saturated rings. The van der Waals surface area contributed by atoms with E-state index in [1.54, 1.807) is 0 Å². The minimum absolute atomic E-state index is 0.0585. The molecule has 0 bridgehead atoms. The summed E-state index contributed by atoms with van der Waals surface area (Å²) in [5.74, 6) is 0. The molecule has 3 heteroatoms. The van der Waals surface area contributed by atoms with Crippen molar-refractivity contribution in [2.24, 2.45) is 0 Å². The van der Waals surface area contributed by atoms with E-state index in [1.165, 1.54) is 0 Å². The van der Waals surface area contributed by atoms with E-state index in [1.807, 2.05) is 6.92 Å². The second kappa shape index (κ2) is 6.22. The topological polar surface area (TPSA) is 29.1 Å². The second-order valence-corrected chi connectivity index (χ2v) is 4.15. The molecule has 1 unspecified atom stereocenters. The highest BCUT2D eigenvalue weighted by Gasteiger charge is 2.11. The first-order chi connectivity index (χ1) is 5.93. The van der Waals surface area contributed by atoms with Gasteiger partial charge in [0, 0.05) is 18.5 Å². The van der Waals surface area contributed by atoms with E-state index in [-0.39, 0.29) is 11.2 Å². The van der Waals surface area contributed by atoms with Crippen LogP contribution < -0.4 is 5.32 Å². The second-order valence-electron chi connectivity index (χ2n) is 3.65. The van der Waals surface area contributed by atoms with Crippen LogP contribution in [0.2, 0.25) is 0 Å². The molecule has 0 aromatic rings. The van der Waals surface area contributed by atoms with Gasteiger partial charge in [0.25, 0.3) is 0 Å². The molecule has 2 nitrogen and oxygen atoms in total. The monoisotopic (exact) mass is 201 g/mol. The molecule has 0 aliphatic heterocycles. The largest absolute Gasteiger partial charge is 0.308 e. The van der Waals surface area contributed by atoms with Gasteiger partial charge in [-0.15, -0.1) is 12.6 Å². The summed E-state index contributed by atoms with van der Waals surface area (Å²) in [6, 6.07) is 0.646. The fourth-order valence-corrected chi connectivity index (χ4v) is 1.27. The maximum atomic E-state index is 10.7. The lowest BCUT2D eigenvalue weighted by atomic mass is 10.0. The standard InChI is InChI=1S/C10H19NOS/c1-7(2)9(11-8(3)4)5-6-10(12)13/h8-9,11H,1,5-6H2,2-4H3,(H,12,13). The summed E-state index contributed by atoms with van der Waals surface area (Å²) >= 11 is 3.74. The van der Waals surface area contributed by atoms with Crippen molar-refractivity contribution in [3.8, 4) is 0 Å². The number of carbonyl (C=O) groups excluding carboxylic acids is 1. The highest BCUT2D eigenvalue weighted by Crippen LogP contribution is 2.08. The van der Waals surface area contributed by atoms with E-state index >= 15 is 0 Å². The Bertz CT molecular complexity index is 189. The van der Waals surface area contributed by atoms with Crippen molar-refractivity contribution in [1.82, 2.24) is 5.32 Å². The molecule has 0 heterocycles. The van der Waals surface area contributed by atoms with Gasteiger partial charge in [-0.3, -0.25) is 4.79 Å². The van der Waals surface area contributed by atoms with Crippen LogP contribution in [0.3, 0.4) is 0 Å². The highest BCUT2D eigenvalue weighted by molar-refractivity contribution is 7.96. The predicted octanol–water partition coefficient (Wildman–Crippen LogP) is 2.17. The third-order valence-corrected chi connectivity index (χ3v) is 2.00. The zero-order valence-corrected chi connectivity index (χ0v) is 9.53. The quantitative estimate of drug-likeness (QED) is 0.509. The predicted molar refractivity (Wildman–Crippen MR) is 60.1 cm³/mol. The normalized spacial score (nSPS) is 13.0. The molecule has 0 rings (SSSR count). The molecule has 0 spiro atoms. The van der Waals surface area contributed by atoms with Gasteiger partial charge in [-0.1, -0.05) is 26.0 Å². The van der Waals surface area contributed by atoms with Crippen LogP contribution in [-0.2, 0) is 4.79 Å². The summed E-state index contributed by atoms with van der Waals surface area (Å²) in [6.45, 7) is 10.0. The zero-order valence-electron chi connectivity index (χ0n) is 8.63. The average molecular weight is 201 g/mol. The summed E-state index contributed by atoms with van der Waals surface area (Å²) in [7, 11) is 0. The first kappa shape index (κ1) is 12.7. The van der Waals surface area contributed by atoms with Crippen molar-refractivity contribution in [1.29, 1.82) is 0 Å². The minimum atomic E-state index is -0.0585. The van der Waals surface area contributed by atoms with Crippen LogP contribution in [0, 0.1) is 0 Å². The molecule has 0 saturated heterocycles. The van der Waals surface area contributed by atoms with Gasteiger partial charge in [0.05, 0.1) is 0 Å². The van der Waals surface area contributed by atoms with E-state index in [2.05, 4.69) is 38.4 Å². The van der Waals surface area contributed by atoms with Gasteiger partial charge in [-0.2, -0.15) is 0 Å². The van der Waals surface area contributed by atoms with Crippen LogP contribution in [0.4, 0.5) is 0 Å². The Morgan fingerprint density at radius 3 is 2.38 bits per heavy atom. The van der Waals surface area contributed by atoms with Gasteiger partial charge >= 0.3 is 0 Å². The smallest absolute Gasteiger partial charge is 0.185 e. The van der Waals surface area contributed by atoms with Gasteiger partial charge in [0.15, 0.2) is 5.12 Å². The lowest BCUT2D eigenvalue weighted by molar-refractivity contribution is -0.110. The van der Waals surface area contributed by atoms with Crippen molar-refractivity contribution in [2.75, 3.05) is 0 Å². The molecule has 0 aliphatic rings. The molecule has 0 aliphatic carbocycles. The molecule has 13 heavy (non-hydrogen) atoms. The van der Waals surface area contributed by atoms with Crippen LogP contribution in [0.1, 0.15) is 33.6 Å². The van der Waals surface area contributed by atoms with Crippen LogP contribution in [0.5, 0.6) is 0 Å². The number of nitrogens with one attached hydrogen (secondary N) is 1. The van der Waals surface area contributed by atoms with Gasteiger partial charge in [-0.05, 0) is 13.3 Å². The maximum absolute atomic E-state index is 10.7. The van der Waals surface area contributed by atoms with Gasteiger partial charge in [0.1, 0.15) is 0 Å². The fourth-order valence-electron chi connectivity index (χ4n) is 1.14. The van der Waals surface area contributed by atoms with E-state index < -0.39 is 0 Å². The number of thiol groups is 1. The Labute approximate surface area is 86.2 Å². The SMILES string of the molecule is C=C(C)C(CCC(=O)S)NC(C)C. The summed E-state index contributed by atoms with van der Waals surface area (Å²) in [6.07, 6.45) is 1.29. The molecular formula is C10H19NOS. The summed E-state index contributed by atoms with van der Waals surface area (Å²) < 4.78 is 0. The zero-order chi connectivity index (χ0) is 10.4. The molecular weight excluding hydrogens is 182 g/mol. The van der Waals surface area contributed by atoms with Crippen LogP contribution >= 0.6 is 12.6 Å². The summed E-state index contributed by atoms with van der Waals surface area (Å²) in [5, 5.41) is 3.29. The fraction of sp³-hybridized carbons (Fsp3) is 0.700. The summed E-state index contributed by atoms with van der Waals surface area (Å²) in [4.78, 5) is 10.7. The van der Waals surface area contributed by atoms with Crippen LogP contribution in [-0.4, -0.2) is 17.2 Å². The average Bonchev–Trinajstić information content (AvgIpc) is 1.96. The lowest BCUT2D eigenvalue weighted by Gasteiger charge is -2.20. The Kier molecular flexibility index (Phi) is 6.08. The molecule has 0 aromatic carbocycles. The van der Waals surface area contributed by atoms with Crippen LogP contribution in [0.25, 0.3) is 0 Å². The van der Waals surface area contributed by atoms with E-state index in [0.29, 0.717) is 12.5 Å². The van der Waals surface area contributed by atoms with Gasteiger partial charge < -0.3 is 5.32 Å². The van der Waals surface area contributed by atoms with E-state index in [0.717, 1.165) is 12.0 Å². The molecule has 76 valence electrons. The first-order valence-corrected chi connectivity index (χ1v) is 5.01. The Morgan fingerprint density at radius 1 is 1.54 bits per heavy atom. The van der Waals surface area contributed by atoms with Crippen molar-refractivity contribution in [2.45, 2.75) is 45.7 Å². The molecule has 0 aromatic heterocycles. The molecule has 0 saturated carbocycles.